The molecule has 0 amide bonds. The van der Waals surface area contributed by atoms with Gasteiger partial charge in [0, 0.05) is 12.7 Å². The van der Waals surface area contributed by atoms with Crippen LogP contribution in [0.15, 0.2) is 29.2 Å². The highest BCUT2D eigenvalue weighted by atomic mass is 32.2. The zero-order valence-electron chi connectivity index (χ0n) is 10.5. The average molecular weight is 270 g/mol. The molecule has 4 nitrogen and oxygen atoms in total. The Morgan fingerprint density at radius 2 is 1.78 bits per heavy atom. The van der Waals surface area contributed by atoms with Crippen LogP contribution < -0.4 is 4.74 Å². The second-order valence-corrected chi connectivity index (χ2v) is 6.12. The summed E-state index contributed by atoms with van der Waals surface area (Å²) in [6.45, 7) is 0.580. The van der Waals surface area contributed by atoms with Gasteiger partial charge in [-0.05, 0) is 43.5 Å². The van der Waals surface area contributed by atoms with Crippen LogP contribution in [0.25, 0.3) is 0 Å². The minimum Gasteiger partial charge on any atom is -0.494 e. The molecule has 0 aliphatic rings. The van der Waals surface area contributed by atoms with Crippen molar-refractivity contribution in [3.05, 3.63) is 24.3 Å². The standard InChI is InChI=1S/C13H18O4S/c1-18(15,16)13-8-6-12(7-9-13)17-11-5-3-2-4-10-14/h6-10H,2-5,11H2,1H3. The molecule has 1 aromatic rings. The summed E-state index contributed by atoms with van der Waals surface area (Å²) in [5.41, 5.74) is 0. The molecule has 1 rings (SSSR count). The van der Waals surface area contributed by atoms with Crippen molar-refractivity contribution in [2.45, 2.75) is 30.6 Å². The number of unbranched alkanes of at least 4 members (excludes halogenated alkanes) is 3. The number of ether oxygens (including phenoxy) is 1. The van der Waals surface area contributed by atoms with Gasteiger partial charge in [-0.1, -0.05) is 0 Å². The van der Waals surface area contributed by atoms with Crippen molar-refractivity contribution in [1.29, 1.82) is 0 Å². The summed E-state index contributed by atoms with van der Waals surface area (Å²) in [6, 6.07) is 6.39. The van der Waals surface area contributed by atoms with Crippen molar-refractivity contribution in [3.63, 3.8) is 0 Å². The number of carbonyl (C=O) groups is 1. The molecule has 0 atom stereocenters. The molecule has 0 bridgehead atoms. The van der Waals surface area contributed by atoms with E-state index in [1.165, 1.54) is 18.4 Å². The van der Waals surface area contributed by atoms with Gasteiger partial charge in [0.1, 0.15) is 12.0 Å². The van der Waals surface area contributed by atoms with Crippen molar-refractivity contribution in [3.8, 4) is 5.75 Å². The fraction of sp³-hybridized carbons (Fsp3) is 0.462. The van der Waals surface area contributed by atoms with Gasteiger partial charge in [0.05, 0.1) is 11.5 Å². The van der Waals surface area contributed by atoms with Crippen molar-refractivity contribution >= 4 is 16.1 Å². The van der Waals surface area contributed by atoms with E-state index in [1.54, 1.807) is 12.1 Å². The van der Waals surface area contributed by atoms with E-state index in [-0.39, 0.29) is 0 Å². The predicted molar refractivity (Wildman–Crippen MR) is 69.6 cm³/mol. The van der Waals surface area contributed by atoms with E-state index in [9.17, 15) is 13.2 Å². The highest BCUT2D eigenvalue weighted by molar-refractivity contribution is 7.90. The summed E-state index contributed by atoms with van der Waals surface area (Å²) in [4.78, 5) is 10.4. The Labute approximate surface area is 108 Å². The highest BCUT2D eigenvalue weighted by Crippen LogP contribution is 2.16. The molecular weight excluding hydrogens is 252 g/mol. The Morgan fingerprint density at radius 3 is 2.33 bits per heavy atom. The van der Waals surface area contributed by atoms with Crippen LogP contribution >= 0.6 is 0 Å². The summed E-state index contributed by atoms with van der Waals surface area (Å²) >= 11 is 0. The zero-order chi connectivity index (χ0) is 13.4. The molecule has 1 aromatic carbocycles. The molecular formula is C13H18O4S. The number of hydrogen-bond donors (Lipinski definition) is 0. The third kappa shape index (κ3) is 5.31. The van der Waals surface area contributed by atoms with Gasteiger partial charge in [0.2, 0.25) is 0 Å². The Morgan fingerprint density at radius 1 is 1.11 bits per heavy atom. The fourth-order valence-electron chi connectivity index (χ4n) is 1.48. The van der Waals surface area contributed by atoms with E-state index in [2.05, 4.69) is 0 Å². The quantitative estimate of drug-likeness (QED) is 0.537. The number of aldehydes is 1. The van der Waals surface area contributed by atoms with Gasteiger partial charge in [-0.2, -0.15) is 0 Å². The maximum absolute atomic E-state index is 11.2. The second-order valence-electron chi connectivity index (χ2n) is 4.11. The van der Waals surface area contributed by atoms with Crippen LogP contribution in [0.2, 0.25) is 0 Å². The van der Waals surface area contributed by atoms with Gasteiger partial charge in [0.15, 0.2) is 9.84 Å². The molecule has 0 radical (unpaired) electrons. The maximum Gasteiger partial charge on any atom is 0.175 e. The third-order valence-corrected chi connectivity index (χ3v) is 3.62. The smallest absolute Gasteiger partial charge is 0.175 e. The number of sulfone groups is 1. The van der Waals surface area contributed by atoms with Crippen LogP contribution in [0.4, 0.5) is 0 Å². The summed E-state index contributed by atoms with van der Waals surface area (Å²) in [5, 5.41) is 0. The van der Waals surface area contributed by atoms with Gasteiger partial charge in [-0.15, -0.1) is 0 Å². The first-order valence-corrected chi connectivity index (χ1v) is 7.80. The SMILES string of the molecule is CS(=O)(=O)c1ccc(OCCCCCC=O)cc1. The number of rotatable bonds is 8. The minimum absolute atomic E-state index is 0.292. The lowest BCUT2D eigenvalue weighted by molar-refractivity contribution is -0.107. The van der Waals surface area contributed by atoms with E-state index in [1.807, 2.05) is 0 Å². The van der Waals surface area contributed by atoms with E-state index in [0.29, 0.717) is 23.7 Å². The monoisotopic (exact) mass is 270 g/mol. The summed E-state index contributed by atoms with van der Waals surface area (Å²) < 4.78 is 27.9. The van der Waals surface area contributed by atoms with Gasteiger partial charge in [0.25, 0.3) is 0 Å². The maximum atomic E-state index is 11.2. The molecule has 0 saturated carbocycles. The van der Waals surface area contributed by atoms with E-state index in [0.717, 1.165) is 25.5 Å². The second kappa shape index (κ2) is 7.16. The van der Waals surface area contributed by atoms with E-state index < -0.39 is 9.84 Å². The van der Waals surface area contributed by atoms with Crippen LogP contribution in [0.5, 0.6) is 5.75 Å². The van der Waals surface area contributed by atoms with Crippen molar-refractivity contribution in [2.24, 2.45) is 0 Å². The number of hydrogen-bond acceptors (Lipinski definition) is 4. The van der Waals surface area contributed by atoms with Gasteiger partial charge >= 0.3 is 0 Å². The molecule has 0 aliphatic heterocycles. The normalized spacial score (nSPS) is 11.2. The molecule has 0 saturated heterocycles. The first kappa shape index (κ1) is 14.7. The van der Waals surface area contributed by atoms with Gasteiger partial charge < -0.3 is 9.53 Å². The van der Waals surface area contributed by atoms with Crippen LogP contribution in [-0.2, 0) is 14.6 Å². The van der Waals surface area contributed by atoms with Crippen molar-refractivity contribution < 1.29 is 17.9 Å². The molecule has 0 heterocycles. The average Bonchev–Trinajstić information content (AvgIpc) is 2.33. The van der Waals surface area contributed by atoms with Crippen molar-refractivity contribution in [1.82, 2.24) is 0 Å². The van der Waals surface area contributed by atoms with E-state index in [4.69, 9.17) is 4.74 Å². The first-order valence-electron chi connectivity index (χ1n) is 5.90. The van der Waals surface area contributed by atoms with Crippen LogP contribution in [0.1, 0.15) is 25.7 Å². The summed E-state index contributed by atoms with van der Waals surface area (Å²) in [5.74, 6) is 0.665. The molecule has 0 aliphatic carbocycles. The molecule has 5 heteroatoms. The Balaban J connectivity index is 2.34. The lowest BCUT2D eigenvalue weighted by atomic mass is 10.2. The molecule has 0 unspecified atom stereocenters. The zero-order valence-corrected chi connectivity index (χ0v) is 11.3. The lowest BCUT2D eigenvalue weighted by Crippen LogP contribution is -1.99. The summed E-state index contributed by atoms with van der Waals surface area (Å²) in [7, 11) is -3.14. The van der Waals surface area contributed by atoms with Crippen LogP contribution in [0.3, 0.4) is 0 Å². The molecule has 0 spiro atoms. The molecule has 18 heavy (non-hydrogen) atoms. The third-order valence-electron chi connectivity index (χ3n) is 2.49. The first-order chi connectivity index (χ1) is 8.54. The predicted octanol–water partition coefficient (Wildman–Crippen LogP) is 2.23. The van der Waals surface area contributed by atoms with Crippen LogP contribution in [-0.4, -0.2) is 27.6 Å². The molecule has 100 valence electrons. The Bertz CT molecular complexity index is 462. The van der Waals surface area contributed by atoms with Crippen LogP contribution in [0, 0.1) is 0 Å². The molecule has 0 N–H and O–H groups in total. The fourth-order valence-corrected chi connectivity index (χ4v) is 2.11. The Kier molecular flexibility index (Phi) is 5.85. The van der Waals surface area contributed by atoms with Gasteiger partial charge in [-0.25, -0.2) is 8.42 Å². The number of benzene rings is 1. The topological polar surface area (TPSA) is 60.4 Å². The lowest BCUT2D eigenvalue weighted by Gasteiger charge is -2.06. The highest BCUT2D eigenvalue weighted by Gasteiger charge is 2.06. The van der Waals surface area contributed by atoms with E-state index >= 15 is 0 Å². The largest absolute Gasteiger partial charge is 0.494 e. The summed E-state index contributed by atoms with van der Waals surface area (Å²) in [6.07, 6.45) is 5.44. The molecule has 0 aromatic heterocycles. The number of carbonyl (C=O) groups excluding carboxylic acids is 1. The minimum atomic E-state index is -3.14. The van der Waals surface area contributed by atoms with Crippen molar-refractivity contribution in [2.75, 3.05) is 12.9 Å². The van der Waals surface area contributed by atoms with Gasteiger partial charge in [-0.3, -0.25) is 0 Å². The molecule has 0 fully saturated rings. The Hall–Kier alpha value is -1.36.